The predicted molar refractivity (Wildman–Crippen MR) is 97.5 cm³/mol. The van der Waals surface area contributed by atoms with Gasteiger partial charge >= 0.3 is 6.09 Å². The lowest BCUT2D eigenvalue weighted by atomic mass is 9.96. The van der Waals surface area contributed by atoms with Gasteiger partial charge in [-0.15, -0.1) is 0 Å². The Morgan fingerprint density at radius 1 is 1.40 bits per heavy atom. The van der Waals surface area contributed by atoms with Gasteiger partial charge in [0.1, 0.15) is 5.60 Å². The molecule has 0 radical (unpaired) electrons. The van der Waals surface area contributed by atoms with Gasteiger partial charge in [-0.05, 0) is 66.4 Å². The summed E-state index contributed by atoms with van der Waals surface area (Å²) in [6.07, 6.45) is 4.99. The van der Waals surface area contributed by atoms with Gasteiger partial charge in [0.2, 0.25) is 0 Å². The zero-order valence-corrected chi connectivity index (χ0v) is 16.1. The van der Waals surface area contributed by atoms with Gasteiger partial charge in [0, 0.05) is 36.3 Å². The minimum absolute atomic E-state index is 0.140. The first-order valence-electron chi connectivity index (χ1n) is 9.49. The van der Waals surface area contributed by atoms with E-state index in [9.17, 15) is 4.79 Å². The maximum Gasteiger partial charge on any atom is 0.410 e. The summed E-state index contributed by atoms with van der Waals surface area (Å²) in [5.41, 5.74) is 1.78. The van der Waals surface area contributed by atoms with Crippen LogP contribution in [0.25, 0.3) is 0 Å². The van der Waals surface area contributed by atoms with Crippen molar-refractivity contribution in [1.29, 1.82) is 0 Å². The molecule has 2 N–H and O–H groups in total. The quantitative estimate of drug-likeness (QED) is 0.877. The number of ether oxygens (including phenoxy) is 1. The lowest BCUT2D eigenvalue weighted by molar-refractivity contribution is 0.00438. The largest absolute Gasteiger partial charge is 0.444 e. The number of hydrogen-bond acceptors (Lipinski definition) is 4. The molecule has 2 saturated heterocycles. The second kappa shape index (κ2) is 6.98. The van der Waals surface area contributed by atoms with Crippen LogP contribution in [0.3, 0.4) is 0 Å². The fraction of sp³-hybridized carbons (Fsp3) is 0.789. The Balaban J connectivity index is 1.53. The van der Waals surface area contributed by atoms with Crippen LogP contribution in [0, 0.1) is 6.92 Å². The van der Waals surface area contributed by atoms with Crippen molar-refractivity contribution in [3.8, 4) is 0 Å². The standard InChI is InChI=1S/C19H32N4O2/c1-12(8-15-9-13(2)21-22-15)20-14-10-16-6-7-17(11-14)23(16)18(24)25-19(3,4)5/h9,12,14,16-17,20H,6-8,10-11H2,1-5H3,(H,21,22). The topological polar surface area (TPSA) is 70.2 Å². The summed E-state index contributed by atoms with van der Waals surface area (Å²) in [6.45, 7) is 10.0. The zero-order chi connectivity index (χ0) is 18.2. The molecular formula is C19H32N4O2. The second-order valence-electron chi connectivity index (χ2n) is 8.76. The highest BCUT2D eigenvalue weighted by atomic mass is 16.6. The summed E-state index contributed by atoms with van der Waals surface area (Å²) < 4.78 is 5.61. The molecule has 0 aromatic carbocycles. The monoisotopic (exact) mass is 348 g/mol. The van der Waals surface area contributed by atoms with E-state index < -0.39 is 5.60 Å². The number of rotatable bonds is 4. The highest BCUT2D eigenvalue weighted by Crippen LogP contribution is 2.37. The van der Waals surface area contributed by atoms with Gasteiger partial charge < -0.3 is 15.0 Å². The number of carbonyl (C=O) groups is 1. The third kappa shape index (κ3) is 4.54. The number of carbonyl (C=O) groups excluding carboxylic acids is 1. The molecule has 1 aromatic rings. The number of aromatic amines is 1. The number of fused-ring (bicyclic) bond motifs is 2. The van der Waals surface area contributed by atoms with Crippen molar-refractivity contribution >= 4 is 6.09 Å². The van der Waals surface area contributed by atoms with Crippen LogP contribution < -0.4 is 5.32 Å². The number of H-pyrrole nitrogens is 1. The minimum Gasteiger partial charge on any atom is -0.444 e. The molecule has 2 bridgehead atoms. The van der Waals surface area contributed by atoms with Gasteiger partial charge in [-0.3, -0.25) is 5.10 Å². The van der Waals surface area contributed by atoms with E-state index in [0.717, 1.165) is 43.5 Å². The fourth-order valence-electron chi connectivity index (χ4n) is 4.28. The summed E-state index contributed by atoms with van der Waals surface area (Å²) >= 11 is 0. The molecule has 3 atom stereocenters. The van der Waals surface area contributed by atoms with Gasteiger partial charge in [0.15, 0.2) is 0 Å². The Bertz CT molecular complexity index is 593. The summed E-state index contributed by atoms with van der Waals surface area (Å²) in [7, 11) is 0. The molecule has 140 valence electrons. The Labute approximate surface area is 150 Å². The highest BCUT2D eigenvalue weighted by Gasteiger charge is 2.44. The van der Waals surface area contributed by atoms with E-state index in [0.29, 0.717) is 24.2 Å². The first-order valence-corrected chi connectivity index (χ1v) is 9.49. The zero-order valence-electron chi connectivity index (χ0n) is 16.1. The first kappa shape index (κ1) is 18.2. The maximum absolute atomic E-state index is 12.5. The predicted octanol–water partition coefficient (Wildman–Crippen LogP) is 3.17. The van der Waals surface area contributed by atoms with Crippen molar-refractivity contribution in [2.45, 2.75) is 96.5 Å². The summed E-state index contributed by atoms with van der Waals surface area (Å²) in [4.78, 5) is 14.5. The molecular weight excluding hydrogens is 316 g/mol. The average Bonchev–Trinajstić information content (AvgIpc) is 2.98. The molecule has 1 amide bonds. The fourth-order valence-corrected chi connectivity index (χ4v) is 4.28. The van der Waals surface area contributed by atoms with Crippen LogP contribution in [0.15, 0.2) is 6.07 Å². The number of nitrogens with zero attached hydrogens (tertiary/aromatic N) is 2. The number of hydrogen-bond donors (Lipinski definition) is 2. The summed E-state index contributed by atoms with van der Waals surface area (Å²) in [5, 5.41) is 11.1. The summed E-state index contributed by atoms with van der Waals surface area (Å²) in [5.74, 6) is 0. The number of aromatic nitrogens is 2. The maximum atomic E-state index is 12.5. The van der Waals surface area contributed by atoms with Crippen LogP contribution in [-0.2, 0) is 11.2 Å². The van der Waals surface area contributed by atoms with Gasteiger partial charge in [0.05, 0.1) is 5.69 Å². The number of amides is 1. The Morgan fingerprint density at radius 2 is 2.04 bits per heavy atom. The van der Waals surface area contributed by atoms with Crippen LogP contribution in [0.4, 0.5) is 4.79 Å². The van der Waals surface area contributed by atoms with Crippen molar-refractivity contribution in [3.63, 3.8) is 0 Å². The molecule has 0 spiro atoms. The smallest absolute Gasteiger partial charge is 0.410 e. The van der Waals surface area contributed by atoms with E-state index >= 15 is 0 Å². The molecule has 6 nitrogen and oxygen atoms in total. The Hall–Kier alpha value is -1.56. The molecule has 2 fully saturated rings. The first-order chi connectivity index (χ1) is 11.7. The third-order valence-corrected chi connectivity index (χ3v) is 5.13. The van der Waals surface area contributed by atoms with E-state index in [1.807, 2.05) is 32.6 Å². The van der Waals surface area contributed by atoms with Gasteiger partial charge in [-0.2, -0.15) is 5.10 Å². The normalized spacial score (nSPS) is 27.4. The highest BCUT2D eigenvalue weighted by molar-refractivity contribution is 5.69. The van der Waals surface area contributed by atoms with Crippen LogP contribution in [0.2, 0.25) is 0 Å². The van der Waals surface area contributed by atoms with Crippen molar-refractivity contribution in [2.75, 3.05) is 0 Å². The molecule has 6 heteroatoms. The van der Waals surface area contributed by atoms with E-state index in [2.05, 4.69) is 28.5 Å². The van der Waals surface area contributed by atoms with E-state index in [4.69, 9.17) is 4.74 Å². The average molecular weight is 348 g/mol. The lowest BCUT2D eigenvalue weighted by Crippen LogP contribution is -2.54. The lowest BCUT2D eigenvalue weighted by Gasteiger charge is -2.40. The van der Waals surface area contributed by atoms with Crippen LogP contribution in [-0.4, -0.2) is 51.0 Å². The SMILES string of the molecule is Cc1cc(CC(C)NC2CC3CCC(C2)N3C(=O)OC(C)(C)C)n[nH]1. The van der Waals surface area contributed by atoms with Crippen LogP contribution in [0.1, 0.15) is 64.8 Å². The van der Waals surface area contributed by atoms with E-state index in [1.165, 1.54) is 0 Å². The summed E-state index contributed by atoms with van der Waals surface area (Å²) in [6, 6.07) is 3.57. The Kier molecular flexibility index (Phi) is 5.09. The molecule has 0 aliphatic carbocycles. The molecule has 3 heterocycles. The van der Waals surface area contributed by atoms with Gasteiger partial charge in [-0.25, -0.2) is 4.79 Å². The van der Waals surface area contributed by atoms with Gasteiger partial charge in [-0.1, -0.05) is 0 Å². The van der Waals surface area contributed by atoms with E-state index in [1.54, 1.807) is 0 Å². The van der Waals surface area contributed by atoms with Crippen LogP contribution in [0.5, 0.6) is 0 Å². The van der Waals surface area contributed by atoms with Crippen LogP contribution >= 0.6 is 0 Å². The molecule has 1 aromatic heterocycles. The number of aryl methyl sites for hydroxylation is 1. The Morgan fingerprint density at radius 3 is 2.56 bits per heavy atom. The molecule has 3 unspecified atom stereocenters. The van der Waals surface area contributed by atoms with Crippen molar-refractivity contribution in [3.05, 3.63) is 17.5 Å². The molecule has 0 saturated carbocycles. The van der Waals surface area contributed by atoms with Crippen molar-refractivity contribution in [2.24, 2.45) is 0 Å². The van der Waals surface area contributed by atoms with Crippen molar-refractivity contribution < 1.29 is 9.53 Å². The molecule has 25 heavy (non-hydrogen) atoms. The third-order valence-electron chi connectivity index (χ3n) is 5.13. The number of nitrogens with one attached hydrogen (secondary N) is 2. The van der Waals surface area contributed by atoms with E-state index in [-0.39, 0.29) is 6.09 Å². The minimum atomic E-state index is -0.429. The molecule has 2 aliphatic rings. The number of piperidine rings is 1. The van der Waals surface area contributed by atoms with Gasteiger partial charge in [0.25, 0.3) is 0 Å². The second-order valence-corrected chi connectivity index (χ2v) is 8.76. The molecule has 2 aliphatic heterocycles. The van der Waals surface area contributed by atoms with Crippen molar-refractivity contribution in [1.82, 2.24) is 20.4 Å². The molecule has 3 rings (SSSR count).